The zero-order valence-corrected chi connectivity index (χ0v) is 16.6. The highest BCUT2D eigenvalue weighted by Gasteiger charge is 2.33. The summed E-state index contributed by atoms with van der Waals surface area (Å²) >= 11 is 0. The standard InChI is InChI=1S/C23H21N3O5/c27-22(28)14-9-24-26(10-14)21-13-30-12-20(21)25-23(29)31-11-19-17-7-3-1-5-15(17)16-6-2-4-8-18(16)19/h1-10,19-21H,11-13H2,(H,25,29)(H,27,28)/t20-,21+/m0/s1. The molecule has 0 unspecified atom stereocenters. The maximum Gasteiger partial charge on any atom is 0.407 e. The summed E-state index contributed by atoms with van der Waals surface area (Å²) in [5.74, 6) is -1.07. The number of hydrogen-bond donors (Lipinski definition) is 2. The summed E-state index contributed by atoms with van der Waals surface area (Å²) in [7, 11) is 0. The highest BCUT2D eigenvalue weighted by atomic mass is 16.5. The van der Waals surface area contributed by atoms with Gasteiger partial charge in [0.1, 0.15) is 6.61 Å². The molecule has 5 rings (SSSR count). The van der Waals surface area contributed by atoms with E-state index in [9.17, 15) is 9.59 Å². The lowest BCUT2D eigenvalue weighted by Gasteiger charge is -2.20. The first-order valence-electron chi connectivity index (χ1n) is 10.1. The first-order chi connectivity index (χ1) is 15.1. The normalized spacial score (nSPS) is 19.6. The third-order valence-corrected chi connectivity index (χ3v) is 5.89. The molecule has 2 aromatic carbocycles. The van der Waals surface area contributed by atoms with Crippen molar-refractivity contribution in [2.75, 3.05) is 19.8 Å². The van der Waals surface area contributed by atoms with Crippen LogP contribution < -0.4 is 5.32 Å². The SMILES string of the molecule is O=C(N[C@H]1COC[C@H]1n1cc(C(=O)O)cn1)OCC1c2ccccc2-c2ccccc21. The van der Waals surface area contributed by atoms with Gasteiger partial charge in [-0.25, -0.2) is 9.59 Å². The van der Waals surface area contributed by atoms with Crippen LogP contribution >= 0.6 is 0 Å². The summed E-state index contributed by atoms with van der Waals surface area (Å²) in [4.78, 5) is 23.7. The van der Waals surface area contributed by atoms with E-state index in [1.807, 2.05) is 24.3 Å². The molecular formula is C23H21N3O5. The van der Waals surface area contributed by atoms with Crippen LogP contribution in [0.1, 0.15) is 33.4 Å². The molecular weight excluding hydrogens is 398 g/mol. The lowest BCUT2D eigenvalue weighted by Crippen LogP contribution is -2.41. The van der Waals surface area contributed by atoms with Crippen molar-refractivity contribution in [3.05, 3.63) is 77.6 Å². The zero-order valence-electron chi connectivity index (χ0n) is 16.6. The lowest BCUT2D eigenvalue weighted by molar-refractivity contribution is 0.0696. The smallest absolute Gasteiger partial charge is 0.407 e. The molecule has 8 heteroatoms. The van der Waals surface area contributed by atoms with Gasteiger partial charge >= 0.3 is 12.1 Å². The number of rotatable bonds is 5. The molecule has 2 N–H and O–H groups in total. The number of nitrogens with one attached hydrogen (secondary N) is 1. The Labute approximate surface area is 178 Å². The number of amides is 1. The minimum atomic E-state index is -1.05. The van der Waals surface area contributed by atoms with E-state index in [1.165, 1.54) is 28.2 Å². The largest absolute Gasteiger partial charge is 0.478 e. The second-order valence-electron chi connectivity index (χ2n) is 7.70. The molecule has 1 amide bonds. The number of nitrogens with zero attached hydrogens (tertiary/aromatic N) is 2. The van der Waals surface area contributed by atoms with E-state index in [-0.39, 0.29) is 30.2 Å². The van der Waals surface area contributed by atoms with E-state index in [2.05, 4.69) is 34.7 Å². The number of carboxylic acid groups (broad SMARTS) is 1. The number of benzene rings is 2. The number of hydrogen-bond acceptors (Lipinski definition) is 5. The molecule has 3 aromatic rings. The fourth-order valence-corrected chi connectivity index (χ4v) is 4.36. The predicted octanol–water partition coefficient (Wildman–Crippen LogP) is 3.06. The van der Waals surface area contributed by atoms with Gasteiger partial charge in [0.25, 0.3) is 0 Å². The van der Waals surface area contributed by atoms with Crippen LogP contribution in [0.3, 0.4) is 0 Å². The van der Waals surface area contributed by atoms with Gasteiger partial charge in [-0.2, -0.15) is 5.10 Å². The van der Waals surface area contributed by atoms with Gasteiger partial charge in [0.2, 0.25) is 0 Å². The van der Waals surface area contributed by atoms with Crippen LogP contribution in [0.25, 0.3) is 11.1 Å². The number of aromatic nitrogens is 2. The van der Waals surface area contributed by atoms with Crippen molar-refractivity contribution >= 4 is 12.1 Å². The third kappa shape index (κ3) is 3.55. The Morgan fingerprint density at radius 2 is 1.77 bits per heavy atom. The van der Waals surface area contributed by atoms with Crippen LogP contribution in [0, 0.1) is 0 Å². The van der Waals surface area contributed by atoms with E-state index in [0.29, 0.717) is 13.2 Å². The van der Waals surface area contributed by atoms with Crippen molar-refractivity contribution in [2.24, 2.45) is 0 Å². The van der Waals surface area contributed by atoms with Crippen molar-refractivity contribution in [3.63, 3.8) is 0 Å². The lowest BCUT2D eigenvalue weighted by atomic mass is 9.98. The number of fused-ring (bicyclic) bond motifs is 3. The summed E-state index contributed by atoms with van der Waals surface area (Å²) in [6.07, 6.45) is 2.19. The van der Waals surface area contributed by atoms with E-state index in [1.54, 1.807) is 0 Å². The van der Waals surface area contributed by atoms with Gasteiger partial charge in [-0.3, -0.25) is 4.68 Å². The Hall–Kier alpha value is -3.65. The molecule has 158 valence electrons. The van der Waals surface area contributed by atoms with E-state index in [4.69, 9.17) is 14.6 Å². The topological polar surface area (TPSA) is 103 Å². The summed E-state index contributed by atoms with van der Waals surface area (Å²) in [6.45, 7) is 0.856. The average molecular weight is 419 g/mol. The molecule has 8 nitrogen and oxygen atoms in total. The predicted molar refractivity (Wildman–Crippen MR) is 111 cm³/mol. The van der Waals surface area contributed by atoms with E-state index < -0.39 is 12.1 Å². The summed E-state index contributed by atoms with van der Waals surface area (Å²) in [5.41, 5.74) is 4.73. The molecule has 1 fully saturated rings. The van der Waals surface area contributed by atoms with Crippen LogP contribution in [0.15, 0.2) is 60.9 Å². The second-order valence-corrected chi connectivity index (χ2v) is 7.70. The number of carboxylic acids is 1. The molecule has 0 saturated carbocycles. The van der Waals surface area contributed by atoms with Crippen LogP contribution in [-0.4, -0.2) is 52.8 Å². The van der Waals surface area contributed by atoms with Crippen molar-refractivity contribution in [1.29, 1.82) is 0 Å². The van der Waals surface area contributed by atoms with Gasteiger partial charge in [-0.15, -0.1) is 0 Å². The van der Waals surface area contributed by atoms with E-state index >= 15 is 0 Å². The van der Waals surface area contributed by atoms with Crippen molar-refractivity contribution < 1.29 is 24.2 Å². The minimum Gasteiger partial charge on any atom is -0.478 e. The number of alkyl carbamates (subject to hydrolysis) is 1. The third-order valence-electron chi connectivity index (χ3n) is 5.89. The van der Waals surface area contributed by atoms with Gasteiger partial charge in [-0.1, -0.05) is 48.5 Å². The Morgan fingerprint density at radius 1 is 1.10 bits per heavy atom. The molecule has 0 spiro atoms. The highest BCUT2D eigenvalue weighted by molar-refractivity contribution is 5.86. The van der Waals surface area contributed by atoms with Gasteiger partial charge in [0.05, 0.1) is 37.1 Å². The molecule has 1 aliphatic carbocycles. The van der Waals surface area contributed by atoms with Gasteiger partial charge in [0, 0.05) is 12.1 Å². The maximum atomic E-state index is 12.6. The Kier molecular flexibility index (Phi) is 4.91. The summed E-state index contributed by atoms with van der Waals surface area (Å²) < 4.78 is 12.6. The molecule has 31 heavy (non-hydrogen) atoms. The maximum absolute atomic E-state index is 12.6. The minimum absolute atomic E-state index is 0.0157. The van der Waals surface area contributed by atoms with Crippen LogP contribution in [-0.2, 0) is 9.47 Å². The van der Waals surface area contributed by atoms with Gasteiger partial charge < -0.3 is 19.9 Å². The molecule has 1 aliphatic heterocycles. The summed E-state index contributed by atoms with van der Waals surface area (Å²) in [6, 6.07) is 15.7. The van der Waals surface area contributed by atoms with Crippen LogP contribution in [0.4, 0.5) is 4.79 Å². The van der Waals surface area contributed by atoms with Gasteiger partial charge in [-0.05, 0) is 22.3 Å². The number of aromatic carboxylic acids is 1. The Bertz CT molecular complexity index is 1100. The fourth-order valence-electron chi connectivity index (χ4n) is 4.36. The average Bonchev–Trinajstić information content (AvgIpc) is 3.50. The molecule has 0 bridgehead atoms. The van der Waals surface area contributed by atoms with Crippen molar-refractivity contribution in [3.8, 4) is 11.1 Å². The number of ether oxygens (including phenoxy) is 2. The molecule has 1 saturated heterocycles. The molecule has 1 aromatic heterocycles. The first kappa shape index (κ1) is 19.3. The monoisotopic (exact) mass is 419 g/mol. The van der Waals surface area contributed by atoms with Crippen LogP contribution in [0.2, 0.25) is 0 Å². The van der Waals surface area contributed by atoms with Crippen molar-refractivity contribution in [2.45, 2.75) is 18.0 Å². The highest BCUT2D eigenvalue weighted by Crippen LogP contribution is 2.44. The van der Waals surface area contributed by atoms with Crippen molar-refractivity contribution in [1.82, 2.24) is 15.1 Å². The second kappa shape index (κ2) is 7.88. The Morgan fingerprint density at radius 3 is 2.42 bits per heavy atom. The summed E-state index contributed by atoms with van der Waals surface area (Å²) in [5, 5.41) is 16.0. The van der Waals surface area contributed by atoms with E-state index in [0.717, 1.165) is 11.1 Å². The Balaban J connectivity index is 1.25. The molecule has 2 atom stereocenters. The number of carbonyl (C=O) groups is 2. The molecule has 2 aliphatic rings. The molecule has 0 radical (unpaired) electrons. The zero-order chi connectivity index (χ0) is 21.4. The van der Waals surface area contributed by atoms with Crippen LogP contribution in [0.5, 0.6) is 0 Å². The number of carbonyl (C=O) groups excluding carboxylic acids is 1. The quantitative estimate of drug-likeness (QED) is 0.659. The fraction of sp³-hybridized carbons (Fsp3) is 0.261. The molecule has 2 heterocycles. The van der Waals surface area contributed by atoms with Gasteiger partial charge in [0.15, 0.2) is 0 Å². The first-order valence-corrected chi connectivity index (χ1v) is 10.1.